The number of carbonyl (C=O) groups excluding carboxylic acids is 2. The first kappa shape index (κ1) is 23.0. The van der Waals surface area contributed by atoms with Crippen LogP contribution in [0.5, 0.6) is 11.5 Å². The van der Waals surface area contributed by atoms with Crippen LogP contribution in [0.4, 0.5) is 11.4 Å². The average Bonchev–Trinajstić information content (AvgIpc) is 2.88. The molecular formula is C21H24N2O6S2. The van der Waals surface area contributed by atoms with Gasteiger partial charge in [-0.05, 0) is 30.3 Å². The number of benzene rings is 2. The lowest BCUT2D eigenvalue weighted by Gasteiger charge is -2.12. The average molecular weight is 465 g/mol. The first-order chi connectivity index (χ1) is 14.7. The number of nitrogens with one attached hydrogen (secondary N) is 2. The number of methoxy groups -OCH3 is 2. The van der Waals surface area contributed by atoms with Gasteiger partial charge in [0.05, 0.1) is 36.2 Å². The van der Waals surface area contributed by atoms with Crippen molar-refractivity contribution in [2.24, 2.45) is 0 Å². The van der Waals surface area contributed by atoms with E-state index >= 15 is 0 Å². The van der Waals surface area contributed by atoms with E-state index in [1.54, 1.807) is 24.3 Å². The molecule has 0 fully saturated rings. The van der Waals surface area contributed by atoms with E-state index in [1.807, 2.05) is 6.92 Å². The van der Waals surface area contributed by atoms with Gasteiger partial charge < -0.3 is 20.1 Å². The maximum atomic E-state index is 12.8. The molecular weight excluding hydrogens is 440 g/mol. The zero-order valence-electron chi connectivity index (χ0n) is 17.4. The topological polar surface area (TPSA) is 111 Å². The highest BCUT2D eigenvalue weighted by atomic mass is 32.2. The maximum absolute atomic E-state index is 12.8. The van der Waals surface area contributed by atoms with E-state index in [1.165, 1.54) is 38.1 Å². The molecule has 8 nitrogen and oxygen atoms in total. The molecule has 0 aliphatic carbocycles. The molecule has 1 heterocycles. The first-order valence-corrected chi connectivity index (χ1v) is 12.1. The van der Waals surface area contributed by atoms with E-state index in [0.29, 0.717) is 29.3 Å². The van der Waals surface area contributed by atoms with E-state index in [2.05, 4.69) is 10.6 Å². The van der Waals surface area contributed by atoms with Crippen molar-refractivity contribution < 1.29 is 27.5 Å². The summed E-state index contributed by atoms with van der Waals surface area (Å²) in [5, 5.41) is 5.52. The van der Waals surface area contributed by atoms with E-state index in [9.17, 15) is 18.0 Å². The van der Waals surface area contributed by atoms with E-state index in [0.717, 1.165) is 4.90 Å². The first-order valence-electron chi connectivity index (χ1n) is 9.57. The Hall–Kier alpha value is -2.72. The minimum Gasteiger partial charge on any atom is -0.497 e. The van der Waals surface area contributed by atoms with Gasteiger partial charge >= 0.3 is 0 Å². The fraction of sp³-hybridized carbons (Fsp3) is 0.333. The van der Waals surface area contributed by atoms with Gasteiger partial charge in [0, 0.05) is 29.1 Å². The van der Waals surface area contributed by atoms with Gasteiger partial charge in [-0.2, -0.15) is 0 Å². The molecule has 0 saturated carbocycles. The Balaban J connectivity index is 1.69. The lowest BCUT2D eigenvalue weighted by atomic mass is 10.2. The number of carbonyl (C=O) groups is 2. The molecule has 2 amide bonds. The van der Waals surface area contributed by atoms with Crippen molar-refractivity contribution in [1.82, 2.24) is 0 Å². The van der Waals surface area contributed by atoms with Crippen LogP contribution < -0.4 is 20.1 Å². The highest BCUT2D eigenvalue weighted by Crippen LogP contribution is 2.36. The highest BCUT2D eigenvalue weighted by molar-refractivity contribution is 8.00. The molecule has 166 valence electrons. The molecule has 10 heteroatoms. The molecule has 0 bridgehead atoms. The molecule has 0 saturated heterocycles. The van der Waals surface area contributed by atoms with Crippen LogP contribution in [0, 0.1) is 0 Å². The van der Waals surface area contributed by atoms with Crippen LogP contribution in [0.25, 0.3) is 0 Å². The number of hydrogen-bond acceptors (Lipinski definition) is 7. The van der Waals surface area contributed by atoms with Crippen LogP contribution in [0.15, 0.2) is 46.2 Å². The van der Waals surface area contributed by atoms with Crippen LogP contribution in [-0.4, -0.2) is 45.5 Å². The van der Waals surface area contributed by atoms with Gasteiger partial charge in [0.25, 0.3) is 0 Å². The van der Waals surface area contributed by atoms with Gasteiger partial charge in [-0.1, -0.05) is 6.92 Å². The minimum atomic E-state index is -3.72. The second-order valence-electron chi connectivity index (χ2n) is 7.02. The standard InChI is InChI=1S/C21H24N2O6S2/c1-13-10-21(25)23-17-12-15(5-7-19(17)30-13)31(26,27)9-8-20(24)22-16-6-4-14(28-2)11-18(16)29-3/h4-7,11-13H,8-10H2,1-3H3,(H,22,24)(H,23,25)/t13-/m1/s1. The Labute approximate surface area is 185 Å². The van der Waals surface area contributed by atoms with Crippen LogP contribution in [-0.2, 0) is 19.4 Å². The third-order valence-corrected chi connectivity index (χ3v) is 7.56. The smallest absolute Gasteiger partial charge is 0.225 e. The Morgan fingerprint density at radius 2 is 1.97 bits per heavy atom. The Morgan fingerprint density at radius 1 is 1.19 bits per heavy atom. The molecule has 1 aliphatic heterocycles. The van der Waals surface area contributed by atoms with Gasteiger partial charge in [0.15, 0.2) is 9.84 Å². The highest BCUT2D eigenvalue weighted by Gasteiger charge is 2.23. The Morgan fingerprint density at radius 3 is 2.68 bits per heavy atom. The molecule has 1 aliphatic rings. The third-order valence-electron chi connectivity index (χ3n) is 4.67. The van der Waals surface area contributed by atoms with Crippen LogP contribution in [0.1, 0.15) is 19.8 Å². The van der Waals surface area contributed by atoms with Crippen molar-refractivity contribution in [2.45, 2.75) is 34.8 Å². The number of sulfone groups is 1. The van der Waals surface area contributed by atoms with Gasteiger partial charge in [0.2, 0.25) is 11.8 Å². The number of rotatable bonds is 7. The molecule has 3 rings (SSSR count). The fourth-order valence-corrected chi connectivity index (χ4v) is 5.40. The molecule has 0 unspecified atom stereocenters. The molecule has 2 aromatic carbocycles. The molecule has 1 atom stereocenters. The largest absolute Gasteiger partial charge is 0.497 e. The summed E-state index contributed by atoms with van der Waals surface area (Å²) in [6.07, 6.45) is 0.128. The van der Waals surface area contributed by atoms with Gasteiger partial charge in [0.1, 0.15) is 11.5 Å². The number of thioether (sulfide) groups is 1. The van der Waals surface area contributed by atoms with Crippen molar-refractivity contribution in [2.75, 3.05) is 30.6 Å². The molecule has 2 N–H and O–H groups in total. The van der Waals surface area contributed by atoms with Crippen molar-refractivity contribution in [3.63, 3.8) is 0 Å². The SMILES string of the molecule is COc1ccc(NC(=O)CCS(=O)(=O)c2ccc3c(c2)NC(=O)C[C@@H](C)S3)c(OC)c1. The van der Waals surface area contributed by atoms with E-state index in [-0.39, 0.29) is 28.2 Å². The summed E-state index contributed by atoms with van der Waals surface area (Å²) in [5.74, 6) is -0.00205. The van der Waals surface area contributed by atoms with Crippen molar-refractivity contribution >= 4 is 44.8 Å². The molecule has 0 aromatic heterocycles. The van der Waals surface area contributed by atoms with Crippen molar-refractivity contribution in [1.29, 1.82) is 0 Å². The van der Waals surface area contributed by atoms with Gasteiger partial charge in [-0.15, -0.1) is 11.8 Å². The normalized spacial score (nSPS) is 16.0. The van der Waals surface area contributed by atoms with Crippen molar-refractivity contribution in [3.05, 3.63) is 36.4 Å². The summed E-state index contributed by atoms with van der Waals surface area (Å²) in [6, 6.07) is 9.57. The number of anilines is 2. The van der Waals surface area contributed by atoms with Crippen LogP contribution >= 0.6 is 11.8 Å². The summed E-state index contributed by atoms with van der Waals surface area (Å²) < 4.78 is 35.9. The predicted molar refractivity (Wildman–Crippen MR) is 120 cm³/mol. The second-order valence-corrected chi connectivity index (χ2v) is 10.6. The van der Waals surface area contributed by atoms with Crippen molar-refractivity contribution in [3.8, 4) is 11.5 Å². The fourth-order valence-electron chi connectivity index (χ4n) is 3.08. The number of fused-ring (bicyclic) bond motifs is 1. The summed E-state index contributed by atoms with van der Waals surface area (Å²) >= 11 is 1.52. The van der Waals surface area contributed by atoms with Gasteiger partial charge in [-0.3, -0.25) is 9.59 Å². The zero-order chi connectivity index (χ0) is 22.6. The zero-order valence-corrected chi connectivity index (χ0v) is 19.1. The Bertz CT molecular complexity index is 1100. The molecule has 0 spiro atoms. The minimum absolute atomic E-state index is 0.0662. The summed E-state index contributed by atoms with van der Waals surface area (Å²) in [6.45, 7) is 1.94. The van der Waals surface area contributed by atoms with Gasteiger partial charge in [-0.25, -0.2) is 8.42 Å². The molecule has 31 heavy (non-hydrogen) atoms. The summed E-state index contributed by atoms with van der Waals surface area (Å²) in [4.78, 5) is 25.2. The predicted octanol–water partition coefficient (Wildman–Crippen LogP) is 3.33. The molecule has 0 radical (unpaired) electrons. The third kappa shape index (κ3) is 5.71. The van der Waals surface area contributed by atoms with E-state index < -0.39 is 15.7 Å². The quantitative estimate of drug-likeness (QED) is 0.647. The van der Waals surface area contributed by atoms with Crippen LogP contribution in [0.3, 0.4) is 0 Å². The lowest BCUT2D eigenvalue weighted by molar-refractivity contribution is -0.116. The summed E-state index contributed by atoms with van der Waals surface area (Å²) in [5.41, 5.74) is 0.900. The number of ether oxygens (including phenoxy) is 2. The maximum Gasteiger partial charge on any atom is 0.225 e. The molecule has 2 aromatic rings. The van der Waals surface area contributed by atoms with E-state index in [4.69, 9.17) is 9.47 Å². The second kappa shape index (κ2) is 9.61. The summed E-state index contributed by atoms with van der Waals surface area (Å²) in [7, 11) is -0.741. The lowest BCUT2D eigenvalue weighted by Crippen LogP contribution is -2.18. The van der Waals surface area contributed by atoms with Crippen LogP contribution in [0.2, 0.25) is 0 Å². The monoisotopic (exact) mass is 464 g/mol. The number of hydrogen-bond donors (Lipinski definition) is 2. The Kier molecular flexibility index (Phi) is 7.11. The number of amides is 2.